The lowest BCUT2D eigenvalue weighted by atomic mass is 10.0. The van der Waals surface area contributed by atoms with Gasteiger partial charge in [-0.1, -0.05) is 54.6 Å². The van der Waals surface area contributed by atoms with E-state index < -0.39 is 6.10 Å². The second-order valence-corrected chi connectivity index (χ2v) is 8.69. The highest BCUT2D eigenvalue weighted by Crippen LogP contribution is 2.21. The van der Waals surface area contributed by atoms with Gasteiger partial charge in [0, 0.05) is 19.6 Å². The predicted octanol–water partition coefficient (Wildman–Crippen LogP) is 3.38. The summed E-state index contributed by atoms with van der Waals surface area (Å²) in [7, 11) is 1.61. The molecule has 0 saturated carbocycles. The van der Waals surface area contributed by atoms with Crippen molar-refractivity contribution in [1.82, 2.24) is 14.7 Å². The van der Waals surface area contributed by atoms with Crippen molar-refractivity contribution in [2.75, 3.05) is 6.54 Å². The number of hydrogen-bond acceptors (Lipinski definition) is 5. The van der Waals surface area contributed by atoms with E-state index in [4.69, 9.17) is 4.74 Å². The maximum absolute atomic E-state index is 12.8. The SMILES string of the molecule is CC(NCCCn1c(=O)c2ccccc2c(=O)n1C)C(O)c1ccc(OCc2ccccc2)cc1. The topological polar surface area (TPSA) is 85.5 Å². The lowest BCUT2D eigenvalue weighted by Gasteiger charge is -2.21. The summed E-state index contributed by atoms with van der Waals surface area (Å²) in [4.78, 5) is 25.4. The maximum Gasteiger partial charge on any atom is 0.273 e. The first-order valence-electron chi connectivity index (χ1n) is 11.8. The minimum Gasteiger partial charge on any atom is -0.489 e. The molecule has 2 N–H and O–H groups in total. The summed E-state index contributed by atoms with van der Waals surface area (Å²) in [6.07, 6.45) is -0.0552. The summed E-state index contributed by atoms with van der Waals surface area (Å²) in [5, 5.41) is 14.9. The van der Waals surface area contributed by atoms with Gasteiger partial charge in [-0.05, 0) is 55.3 Å². The van der Waals surface area contributed by atoms with Crippen LogP contribution >= 0.6 is 0 Å². The van der Waals surface area contributed by atoms with Gasteiger partial charge < -0.3 is 15.2 Å². The van der Waals surface area contributed by atoms with Crippen molar-refractivity contribution >= 4 is 10.8 Å². The summed E-state index contributed by atoms with van der Waals surface area (Å²) in [5.74, 6) is 0.747. The van der Waals surface area contributed by atoms with Gasteiger partial charge >= 0.3 is 0 Å². The van der Waals surface area contributed by atoms with Gasteiger partial charge in [0.25, 0.3) is 11.1 Å². The Kier molecular flexibility index (Phi) is 7.80. The van der Waals surface area contributed by atoms with Crippen molar-refractivity contribution in [3.05, 3.63) is 111 Å². The molecule has 7 nitrogen and oxygen atoms in total. The number of nitrogens with one attached hydrogen (secondary N) is 1. The van der Waals surface area contributed by atoms with Gasteiger partial charge in [-0.15, -0.1) is 0 Å². The van der Waals surface area contributed by atoms with Crippen LogP contribution in [-0.4, -0.2) is 27.1 Å². The number of rotatable bonds is 10. The molecule has 0 saturated heterocycles. The molecule has 0 aliphatic carbocycles. The highest BCUT2D eigenvalue weighted by molar-refractivity contribution is 5.80. The van der Waals surface area contributed by atoms with E-state index in [1.165, 1.54) is 9.36 Å². The van der Waals surface area contributed by atoms with E-state index in [9.17, 15) is 14.7 Å². The van der Waals surface area contributed by atoms with Crippen LogP contribution in [0.1, 0.15) is 30.6 Å². The van der Waals surface area contributed by atoms with Crippen LogP contribution in [0.3, 0.4) is 0 Å². The third-order valence-electron chi connectivity index (χ3n) is 6.23. The monoisotopic (exact) mass is 473 g/mol. The molecule has 0 aliphatic heterocycles. The highest BCUT2D eigenvalue weighted by Gasteiger charge is 2.16. The Hall–Kier alpha value is -3.68. The molecule has 0 aliphatic rings. The smallest absolute Gasteiger partial charge is 0.273 e. The van der Waals surface area contributed by atoms with Crippen LogP contribution < -0.4 is 21.2 Å². The number of aliphatic hydroxyl groups is 1. The molecule has 4 aromatic rings. The fourth-order valence-corrected chi connectivity index (χ4v) is 4.13. The van der Waals surface area contributed by atoms with Crippen LogP contribution in [-0.2, 0) is 20.2 Å². The quantitative estimate of drug-likeness (QED) is 0.345. The molecule has 1 heterocycles. The molecule has 35 heavy (non-hydrogen) atoms. The van der Waals surface area contributed by atoms with Gasteiger partial charge in [-0.2, -0.15) is 0 Å². The van der Waals surface area contributed by atoms with Gasteiger partial charge in [0.2, 0.25) is 0 Å². The third kappa shape index (κ3) is 5.70. The van der Waals surface area contributed by atoms with Crippen LogP contribution in [0.4, 0.5) is 0 Å². The Labute approximate surface area is 204 Å². The van der Waals surface area contributed by atoms with E-state index in [1.807, 2.05) is 61.5 Å². The zero-order valence-corrected chi connectivity index (χ0v) is 20.1. The first-order valence-corrected chi connectivity index (χ1v) is 11.8. The average Bonchev–Trinajstić information content (AvgIpc) is 2.90. The normalized spacial score (nSPS) is 13.0. The maximum atomic E-state index is 12.8. The van der Waals surface area contributed by atoms with Crippen molar-refractivity contribution in [2.45, 2.75) is 38.6 Å². The van der Waals surface area contributed by atoms with E-state index >= 15 is 0 Å². The van der Waals surface area contributed by atoms with Crippen LogP contribution in [0.15, 0.2) is 88.5 Å². The Morgan fingerprint density at radius 1 is 0.886 bits per heavy atom. The zero-order chi connectivity index (χ0) is 24.8. The fraction of sp³-hybridized carbons (Fsp3) is 0.286. The Bertz CT molecular complexity index is 1380. The van der Waals surface area contributed by atoms with Crippen LogP contribution in [0.5, 0.6) is 5.75 Å². The number of benzene rings is 3. The number of ether oxygens (including phenoxy) is 1. The van der Waals surface area contributed by atoms with E-state index in [2.05, 4.69) is 5.32 Å². The Balaban J connectivity index is 1.29. The second kappa shape index (κ2) is 11.2. The van der Waals surface area contributed by atoms with Gasteiger partial charge in [0.1, 0.15) is 12.4 Å². The molecule has 0 fully saturated rings. The van der Waals surface area contributed by atoms with Gasteiger partial charge in [-0.3, -0.25) is 14.3 Å². The van der Waals surface area contributed by atoms with Crippen LogP contribution in [0.2, 0.25) is 0 Å². The van der Waals surface area contributed by atoms with Crippen molar-refractivity contribution in [1.29, 1.82) is 0 Å². The lowest BCUT2D eigenvalue weighted by Crippen LogP contribution is -2.38. The van der Waals surface area contributed by atoms with E-state index in [0.29, 0.717) is 36.9 Å². The Morgan fingerprint density at radius 3 is 2.20 bits per heavy atom. The zero-order valence-electron chi connectivity index (χ0n) is 20.1. The molecular formula is C28H31N3O4. The number of nitrogens with zero attached hydrogens (tertiary/aromatic N) is 2. The molecular weight excluding hydrogens is 442 g/mol. The molecule has 0 spiro atoms. The van der Waals surface area contributed by atoms with Gasteiger partial charge in [0.05, 0.1) is 16.9 Å². The minimum atomic E-state index is -0.689. The number of aromatic nitrogens is 2. The molecule has 0 amide bonds. The third-order valence-corrected chi connectivity index (χ3v) is 6.23. The Morgan fingerprint density at radius 2 is 1.51 bits per heavy atom. The standard InChI is InChI=1S/C28H31N3O4/c1-20(26(32)22-13-15-23(16-14-22)35-19-21-9-4-3-5-10-21)29-17-8-18-31-28(34)25-12-7-6-11-24(25)27(33)30(31)2/h3-7,9-16,20,26,29,32H,8,17-19H2,1-2H3. The van der Waals surface area contributed by atoms with Crippen molar-refractivity contribution < 1.29 is 9.84 Å². The lowest BCUT2D eigenvalue weighted by molar-refractivity contribution is 0.135. The molecule has 182 valence electrons. The molecule has 4 rings (SSSR count). The van der Waals surface area contributed by atoms with Crippen molar-refractivity contribution in [3.63, 3.8) is 0 Å². The summed E-state index contributed by atoms with van der Waals surface area (Å²) < 4.78 is 8.67. The van der Waals surface area contributed by atoms with Crippen molar-refractivity contribution in [2.24, 2.45) is 7.05 Å². The van der Waals surface area contributed by atoms with Gasteiger partial charge in [0.15, 0.2) is 0 Å². The predicted molar refractivity (Wildman–Crippen MR) is 138 cm³/mol. The molecule has 2 unspecified atom stereocenters. The molecule has 1 aromatic heterocycles. The average molecular weight is 474 g/mol. The minimum absolute atomic E-state index is 0.176. The van der Waals surface area contributed by atoms with E-state index in [1.54, 1.807) is 31.3 Å². The molecule has 7 heteroatoms. The first-order chi connectivity index (χ1) is 17.0. The van der Waals surface area contributed by atoms with Crippen LogP contribution in [0, 0.1) is 0 Å². The number of hydrogen-bond donors (Lipinski definition) is 2. The summed E-state index contributed by atoms with van der Waals surface area (Å²) >= 11 is 0. The fourth-order valence-electron chi connectivity index (χ4n) is 4.13. The molecule has 0 radical (unpaired) electrons. The number of fused-ring (bicyclic) bond motifs is 1. The highest BCUT2D eigenvalue weighted by atomic mass is 16.5. The first kappa shape index (κ1) is 24.4. The van der Waals surface area contributed by atoms with Crippen molar-refractivity contribution in [3.8, 4) is 5.75 Å². The summed E-state index contributed by atoms with van der Waals surface area (Å²) in [5.41, 5.74) is 1.53. The molecule has 0 bridgehead atoms. The van der Waals surface area contributed by atoms with E-state index in [0.717, 1.165) is 16.9 Å². The molecule has 3 aromatic carbocycles. The van der Waals surface area contributed by atoms with Crippen LogP contribution in [0.25, 0.3) is 10.8 Å². The molecule has 2 atom stereocenters. The number of aliphatic hydroxyl groups excluding tert-OH is 1. The second-order valence-electron chi connectivity index (χ2n) is 8.69. The summed E-state index contributed by atoms with van der Waals surface area (Å²) in [6.45, 7) is 3.40. The largest absolute Gasteiger partial charge is 0.489 e. The van der Waals surface area contributed by atoms with E-state index in [-0.39, 0.29) is 17.2 Å². The summed E-state index contributed by atoms with van der Waals surface area (Å²) in [6, 6.07) is 24.1. The van der Waals surface area contributed by atoms with Gasteiger partial charge in [-0.25, -0.2) is 4.68 Å².